The number of ether oxygens (including phenoxy) is 1. The number of sulfonamides is 1. The van der Waals surface area contributed by atoms with Crippen molar-refractivity contribution in [1.29, 1.82) is 0 Å². The smallest absolute Gasteiger partial charge is 0.407 e. The minimum Gasteiger partial charge on any atom is -0.449 e. The number of alkyl halides is 2. The number of fused-ring (bicyclic) bond motifs is 6. The van der Waals surface area contributed by atoms with E-state index in [0.717, 1.165) is 47.1 Å². The number of amides is 4. The molecule has 1 saturated heterocycles. The number of nitrogens with one attached hydrogen (secondary N) is 3. The number of carbonyl (C=O) groups is 4. The van der Waals surface area contributed by atoms with Gasteiger partial charge in [0.25, 0.3) is 5.91 Å². The van der Waals surface area contributed by atoms with Crippen LogP contribution in [0.5, 0.6) is 0 Å². The van der Waals surface area contributed by atoms with Crippen LogP contribution in [0.1, 0.15) is 89.3 Å². The molecule has 16 heteroatoms. The molecule has 2 aliphatic heterocycles. The van der Waals surface area contributed by atoms with Crippen LogP contribution in [0.4, 0.5) is 13.6 Å². The van der Waals surface area contributed by atoms with Crippen molar-refractivity contribution in [2.45, 2.75) is 108 Å². The second-order valence-corrected chi connectivity index (χ2v) is 19.0. The van der Waals surface area contributed by atoms with Crippen LogP contribution in [-0.4, -0.2) is 91.4 Å². The van der Waals surface area contributed by atoms with E-state index < -0.39 is 87.0 Å². The third-order valence-corrected chi connectivity index (χ3v) is 13.3. The Kier molecular flexibility index (Phi) is 11.0. The molecule has 57 heavy (non-hydrogen) atoms. The molecule has 6 atom stereocenters. The lowest BCUT2D eigenvalue weighted by Gasteiger charge is -2.35. The van der Waals surface area contributed by atoms with Gasteiger partial charge in [0.15, 0.2) is 0 Å². The van der Waals surface area contributed by atoms with E-state index in [2.05, 4.69) is 21.9 Å². The summed E-state index contributed by atoms with van der Waals surface area (Å²) in [7, 11) is -4.13. The van der Waals surface area contributed by atoms with Gasteiger partial charge in [-0.25, -0.2) is 22.0 Å². The van der Waals surface area contributed by atoms with Gasteiger partial charge in [0.1, 0.15) is 29.4 Å². The first-order valence-electron chi connectivity index (χ1n) is 19.5. The van der Waals surface area contributed by atoms with Crippen molar-refractivity contribution >= 4 is 45.6 Å². The number of benzene rings is 2. The molecule has 0 unspecified atom stereocenters. The van der Waals surface area contributed by atoms with Crippen LogP contribution in [0, 0.1) is 17.3 Å². The third-order valence-electron chi connectivity index (χ3n) is 11.4. The number of rotatable bonds is 6. The summed E-state index contributed by atoms with van der Waals surface area (Å²) in [6.45, 7) is 7.11. The van der Waals surface area contributed by atoms with E-state index in [1.54, 1.807) is 20.8 Å². The first-order valence-corrected chi connectivity index (χ1v) is 21.1. The lowest BCUT2D eigenvalue weighted by Crippen LogP contribution is -2.60. The molecule has 3 fully saturated rings. The van der Waals surface area contributed by atoms with Gasteiger partial charge in [0.05, 0.1) is 24.3 Å². The average Bonchev–Trinajstić information content (AvgIpc) is 4.07. The van der Waals surface area contributed by atoms with Gasteiger partial charge in [0, 0.05) is 17.5 Å². The highest BCUT2D eigenvalue weighted by molar-refractivity contribution is 7.91. The van der Waals surface area contributed by atoms with Crippen molar-refractivity contribution in [1.82, 2.24) is 20.3 Å². The van der Waals surface area contributed by atoms with E-state index in [1.807, 2.05) is 60.2 Å². The topological polar surface area (TPSA) is 173 Å². The SMILES string of the molecule is C[C@H]1CCC/C=C\c2ccc3c(c2)/C(=N/O[C@@H]2C[C@@H](C(=O)N[C@@]4(C(=O)NS(=O)(=O)C5CC5)C[C@H]4C(F)F)N(C2)C(=O)[C@H](C(C)(C)C)NC(=O)OC1)c1ccccc1-3. The summed E-state index contributed by atoms with van der Waals surface area (Å²) in [5, 5.41) is 8.93. The van der Waals surface area contributed by atoms with Crippen molar-refractivity contribution in [2.24, 2.45) is 22.4 Å². The molecular weight excluding hydrogens is 761 g/mol. The first-order chi connectivity index (χ1) is 27.0. The molecule has 3 N–H and O–H groups in total. The van der Waals surface area contributed by atoms with Crippen molar-refractivity contribution in [3.63, 3.8) is 0 Å². The van der Waals surface area contributed by atoms with E-state index in [-0.39, 0.29) is 25.5 Å². The zero-order valence-electron chi connectivity index (χ0n) is 32.4. The molecule has 0 aromatic heterocycles. The van der Waals surface area contributed by atoms with Gasteiger partial charge < -0.3 is 25.1 Å². The lowest BCUT2D eigenvalue weighted by molar-refractivity contribution is -0.143. The number of hydrogen-bond acceptors (Lipinski definition) is 9. The van der Waals surface area contributed by atoms with E-state index in [4.69, 9.17) is 9.57 Å². The second kappa shape index (κ2) is 15.5. The second-order valence-electron chi connectivity index (χ2n) is 17.0. The molecule has 2 aromatic carbocycles. The van der Waals surface area contributed by atoms with Crippen LogP contribution >= 0.6 is 0 Å². The Morgan fingerprint density at radius 3 is 2.44 bits per heavy atom. The third kappa shape index (κ3) is 8.42. The number of hydrogen-bond donors (Lipinski definition) is 3. The van der Waals surface area contributed by atoms with Gasteiger partial charge in [0.2, 0.25) is 28.3 Å². The fraction of sp³-hybridized carbons (Fsp3) is 0.537. The van der Waals surface area contributed by atoms with E-state index in [9.17, 15) is 36.4 Å². The summed E-state index contributed by atoms with van der Waals surface area (Å²) in [5.74, 6) is -4.48. The molecule has 0 radical (unpaired) electrons. The zero-order chi connectivity index (χ0) is 40.9. The van der Waals surface area contributed by atoms with Crippen LogP contribution in [-0.2, 0) is 34.0 Å². The van der Waals surface area contributed by atoms with E-state index >= 15 is 0 Å². The van der Waals surface area contributed by atoms with Crippen molar-refractivity contribution in [3.8, 4) is 11.1 Å². The maximum absolute atomic E-state index is 14.6. The van der Waals surface area contributed by atoms with Gasteiger partial charge in [-0.15, -0.1) is 0 Å². The van der Waals surface area contributed by atoms with E-state index in [1.165, 1.54) is 4.90 Å². The van der Waals surface area contributed by atoms with Crippen LogP contribution in [0.25, 0.3) is 17.2 Å². The summed E-state index contributed by atoms with van der Waals surface area (Å²) in [4.78, 5) is 62.7. The minimum absolute atomic E-state index is 0.0344. The highest BCUT2D eigenvalue weighted by Crippen LogP contribution is 2.48. The van der Waals surface area contributed by atoms with Crippen molar-refractivity contribution in [3.05, 3.63) is 65.2 Å². The van der Waals surface area contributed by atoms with Gasteiger partial charge in [-0.3, -0.25) is 19.1 Å². The largest absolute Gasteiger partial charge is 0.449 e. The Hall–Kier alpha value is -4.86. The normalized spacial score (nSPS) is 29.4. The predicted octanol–water partition coefficient (Wildman–Crippen LogP) is 5.13. The number of oxime groups is 1. The summed E-state index contributed by atoms with van der Waals surface area (Å²) >= 11 is 0. The molecule has 3 aliphatic carbocycles. The number of halogens is 2. The van der Waals surface area contributed by atoms with Gasteiger partial charge in [-0.05, 0) is 72.6 Å². The molecule has 4 bridgehead atoms. The highest BCUT2D eigenvalue weighted by Gasteiger charge is 2.67. The molecule has 7 rings (SSSR count). The molecule has 2 aromatic rings. The number of alkyl carbamates (subject to hydrolysis) is 1. The molecule has 2 heterocycles. The van der Waals surface area contributed by atoms with Crippen LogP contribution in [0.3, 0.4) is 0 Å². The van der Waals surface area contributed by atoms with Crippen LogP contribution in [0.15, 0.2) is 53.7 Å². The standard InChI is InChI=1S/C41H49F2N5O8S/c1-23-10-6-5-7-11-24-14-17-28-27-12-8-9-13-29(27)33(30(28)18-24)46-56-25-19-32(48(21-25)37(50)34(40(2,3)4)44-39(52)55-22-23)36(49)45-41(20-31(41)35(42)43)38(51)47-57(53,54)26-15-16-26/h7-9,11-14,17-18,23,25-26,31-32,34-35H,5-6,10,15-16,19-22H2,1-4H3,(H,44,52)(H,45,49)(H,47,51)/b11-7-,46-33+/t23-,25+,31-,32-,34+,41-/m0/s1. The lowest BCUT2D eigenvalue weighted by atomic mass is 9.85. The van der Waals surface area contributed by atoms with Crippen LogP contribution < -0.4 is 15.4 Å². The highest BCUT2D eigenvalue weighted by atomic mass is 32.2. The Balaban J connectivity index is 1.23. The quantitative estimate of drug-likeness (QED) is 0.308. The van der Waals surface area contributed by atoms with Crippen LogP contribution in [0.2, 0.25) is 0 Å². The molecule has 13 nitrogen and oxygen atoms in total. The average molecular weight is 810 g/mol. The van der Waals surface area contributed by atoms with Gasteiger partial charge >= 0.3 is 6.09 Å². The maximum Gasteiger partial charge on any atom is 0.407 e. The molecule has 0 spiro atoms. The fourth-order valence-electron chi connectivity index (χ4n) is 7.88. The summed E-state index contributed by atoms with van der Waals surface area (Å²) in [5.41, 5.74) is 2.01. The molecular formula is C41H49F2N5O8S. The number of allylic oxidation sites excluding steroid dienone is 1. The molecule has 306 valence electrons. The summed E-state index contributed by atoms with van der Waals surface area (Å²) in [6.07, 6.45) is 1.88. The zero-order valence-corrected chi connectivity index (χ0v) is 33.2. The Morgan fingerprint density at radius 1 is 1.04 bits per heavy atom. The van der Waals surface area contributed by atoms with E-state index in [0.29, 0.717) is 18.6 Å². The summed E-state index contributed by atoms with van der Waals surface area (Å²) in [6, 6.07) is 11.3. The van der Waals surface area contributed by atoms with Crippen molar-refractivity contribution in [2.75, 3.05) is 13.2 Å². The molecule has 2 saturated carbocycles. The number of nitrogens with zero attached hydrogens (tertiary/aromatic N) is 2. The monoisotopic (exact) mass is 809 g/mol. The first kappa shape index (κ1) is 40.3. The Morgan fingerprint density at radius 2 is 1.75 bits per heavy atom. The van der Waals surface area contributed by atoms with Gasteiger partial charge in [-0.2, -0.15) is 0 Å². The minimum atomic E-state index is -4.13. The Labute approximate surface area is 331 Å². The molecule has 5 aliphatic rings. The maximum atomic E-state index is 14.6. The van der Waals surface area contributed by atoms with Crippen molar-refractivity contribution < 1.29 is 46.0 Å². The number of cyclic esters (lactones) is 1. The number of carbonyl (C=O) groups excluding carboxylic acids is 4. The Bertz CT molecular complexity index is 2120. The fourth-order valence-corrected chi connectivity index (χ4v) is 9.24. The van der Waals surface area contributed by atoms with Gasteiger partial charge in [-0.1, -0.05) is 81.4 Å². The predicted molar refractivity (Wildman–Crippen MR) is 207 cm³/mol. The molecule has 4 amide bonds. The summed E-state index contributed by atoms with van der Waals surface area (Å²) < 4.78 is 61.1.